The van der Waals surface area contributed by atoms with E-state index >= 15 is 0 Å². The van der Waals surface area contributed by atoms with Gasteiger partial charge in [0.2, 0.25) is 11.8 Å². The molecule has 1 heterocycles. The molecule has 4 nitrogen and oxygen atoms in total. The maximum Gasteiger partial charge on any atom is 0.230 e. The van der Waals surface area contributed by atoms with Gasteiger partial charge in [-0.2, -0.15) is 0 Å². The first-order valence-electron chi connectivity index (χ1n) is 8.97. The van der Waals surface area contributed by atoms with Crippen LogP contribution < -0.4 is 9.80 Å². The van der Waals surface area contributed by atoms with E-state index in [2.05, 4.69) is 0 Å². The van der Waals surface area contributed by atoms with Gasteiger partial charge in [0.25, 0.3) is 0 Å². The van der Waals surface area contributed by atoms with Crippen LogP contribution in [0.1, 0.15) is 44.9 Å². The third-order valence-electron chi connectivity index (χ3n) is 5.39. The van der Waals surface area contributed by atoms with E-state index in [0.717, 1.165) is 69.4 Å². The van der Waals surface area contributed by atoms with E-state index in [1.165, 1.54) is 0 Å². The quantitative estimate of drug-likeness (QED) is 0.840. The first-order valence-corrected chi connectivity index (χ1v) is 8.97. The van der Waals surface area contributed by atoms with Gasteiger partial charge in [-0.05, 0) is 44.2 Å². The van der Waals surface area contributed by atoms with Crippen molar-refractivity contribution in [1.29, 1.82) is 0 Å². The lowest BCUT2D eigenvalue weighted by atomic mass is 10.1. The van der Waals surface area contributed by atoms with E-state index in [4.69, 9.17) is 0 Å². The summed E-state index contributed by atoms with van der Waals surface area (Å²) in [6.07, 6.45) is 7.25. The normalized spacial score (nSPS) is 21.9. The van der Waals surface area contributed by atoms with Crippen molar-refractivity contribution >= 4 is 23.2 Å². The molecule has 0 bridgehead atoms. The average Bonchev–Trinajstić information content (AvgIpc) is 3.32. The Kier molecular flexibility index (Phi) is 3.83. The summed E-state index contributed by atoms with van der Waals surface area (Å²) in [5.74, 6) is 0.886. The van der Waals surface area contributed by atoms with Crippen molar-refractivity contribution in [2.75, 3.05) is 22.9 Å². The lowest BCUT2D eigenvalue weighted by Crippen LogP contribution is -2.35. The SMILES string of the molecule is O=C(C1CCCC1)N1CCCN(C(=O)C2CC2)c2ccccc21. The van der Waals surface area contributed by atoms with E-state index in [-0.39, 0.29) is 23.7 Å². The molecular formula is C19H24N2O2. The molecule has 1 aromatic carbocycles. The van der Waals surface area contributed by atoms with Crippen LogP contribution >= 0.6 is 0 Å². The van der Waals surface area contributed by atoms with Gasteiger partial charge < -0.3 is 9.80 Å². The summed E-state index contributed by atoms with van der Waals surface area (Å²) in [7, 11) is 0. The molecule has 4 heteroatoms. The molecular weight excluding hydrogens is 288 g/mol. The fourth-order valence-electron chi connectivity index (χ4n) is 3.95. The first-order chi connectivity index (χ1) is 11.3. The maximum absolute atomic E-state index is 13.0. The number of carbonyl (C=O) groups is 2. The highest BCUT2D eigenvalue weighted by Crippen LogP contribution is 2.39. The van der Waals surface area contributed by atoms with Crippen LogP contribution in [0.4, 0.5) is 11.4 Å². The fraction of sp³-hybridized carbons (Fsp3) is 0.579. The molecule has 0 unspecified atom stereocenters. The van der Waals surface area contributed by atoms with Gasteiger partial charge >= 0.3 is 0 Å². The number of benzene rings is 1. The second-order valence-electron chi connectivity index (χ2n) is 7.08. The van der Waals surface area contributed by atoms with Gasteiger partial charge in [-0.15, -0.1) is 0 Å². The molecule has 23 heavy (non-hydrogen) atoms. The Hall–Kier alpha value is -1.84. The number of carbonyl (C=O) groups excluding carboxylic acids is 2. The van der Waals surface area contributed by atoms with Crippen LogP contribution in [0.25, 0.3) is 0 Å². The number of rotatable bonds is 2. The minimum atomic E-state index is 0.175. The summed E-state index contributed by atoms with van der Waals surface area (Å²) in [5.41, 5.74) is 1.85. The van der Waals surface area contributed by atoms with Crippen LogP contribution in [0.15, 0.2) is 24.3 Å². The van der Waals surface area contributed by atoms with Gasteiger partial charge in [0, 0.05) is 24.9 Å². The lowest BCUT2D eigenvalue weighted by Gasteiger charge is -2.27. The first kappa shape index (κ1) is 14.7. The number of anilines is 2. The summed E-state index contributed by atoms with van der Waals surface area (Å²) >= 11 is 0. The van der Waals surface area contributed by atoms with Gasteiger partial charge in [0.05, 0.1) is 11.4 Å². The second kappa shape index (κ2) is 5.99. The van der Waals surface area contributed by atoms with E-state index in [1.54, 1.807) is 0 Å². The smallest absolute Gasteiger partial charge is 0.230 e. The number of amides is 2. The van der Waals surface area contributed by atoms with Crippen LogP contribution in [-0.4, -0.2) is 24.9 Å². The van der Waals surface area contributed by atoms with Crippen molar-refractivity contribution < 1.29 is 9.59 Å². The van der Waals surface area contributed by atoms with E-state index in [1.807, 2.05) is 34.1 Å². The van der Waals surface area contributed by atoms with Crippen molar-refractivity contribution in [3.05, 3.63) is 24.3 Å². The van der Waals surface area contributed by atoms with Gasteiger partial charge in [0.15, 0.2) is 0 Å². The van der Waals surface area contributed by atoms with Crippen LogP contribution in [0.2, 0.25) is 0 Å². The highest BCUT2D eigenvalue weighted by molar-refractivity contribution is 6.04. The van der Waals surface area contributed by atoms with Crippen molar-refractivity contribution in [3.63, 3.8) is 0 Å². The Morgan fingerprint density at radius 1 is 0.739 bits per heavy atom. The van der Waals surface area contributed by atoms with E-state index in [0.29, 0.717) is 0 Å². The third kappa shape index (κ3) is 2.75. The molecule has 1 aromatic rings. The van der Waals surface area contributed by atoms with Gasteiger partial charge in [-0.25, -0.2) is 0 Å². The molecule has 0 radical (unpaired) electrons. The molecule has 0 spiro atoms. The molecule has 2 amide bonds. The Morgan fingerprint density at radius 3 is 1.70 bits per heavy atom. The van der Waals surface area contributed by atoms with Crippen LogP contribution in [-0.2, 0) is 9.59 Å². The number of fused-ring (bicyclic) bond motifs is 1. The summed E-state index contributed by atoms with van der Waals surface area (Å²) in [4.78, 5) is 29.5. The van der Waals surface area contributed by atoms with Crippen molar-refractivity contribution in [3.8, 4) is 0 Å². The summed E-state index contributed by atoms with van der Waals surface area (Å²) in [6, 6.07) is 7.94. The zero-order valence-electron chi connectivity index (χ0n) is 13.5. The van der Waals surface area contributed by atoms with Gasteiger partial charge in [-0.3, -0.25) is 9.59 Å². The Balaban J connectivity index is 1.66. The summed E-state index contributed by atoms with van der Waals surface area (Å²) in [6.45, 7) is 1.45. The van der Waals surface area contributed by atoms with Gasteiger partial charge in [-0.1, -0.05) is 25.0 Å². The molecule has 2 aliphatic carbocycles. The Labute approximate surface area is 137 Å². The predicted molar refractivity (Wildman–Crippen MR) is 90.4 cm³/mol. The maximum atomic E-state index is 13.0. The number of nitrogens with zero attached hydrogens (tertiary/aromatic N) is 2. The average molecular weight is 312 g/mol. The molecule has 0 atom stereocenters. The van der Waals surface area contributed by atoms with Crippen LogP contribution in [0, 0.1) is 11.8 Å². The third-order valence-corrected chi connectivity index (χ3v) is 5.39. The Morgan fingerprint density at radius 2 is 1.22 bits per heavy atom. The predicted octanol–water partition coefficient (Wildman–Crippen LogP) is 3.36. The highest BCUT2D eigenvalue weighted by atomic mass is 16.2. The number of para-hydroxylation sites is 2. The lowest BCUT2D eigenvalue weighted by molar-refractivity contribution is -0.122. The minimum absolute atomic E-state index is 0.175. The van der Waals surface area contributed by atoms with Crippen molar-refractivity contribution in [1.82, 2.24) is 0 Å². The molecule has 122 valence electrons. The fourth-order valence-corrected chi connectivity index (χ4v) is 3.95. The Bertz CT molecular complexity index is 618. The molecule has 2 saturated carbocycles. The van der Waals surface area contributed by atoms with Gasteiger partial charge in [0.1, 0.15) is 0 Å². The largest absolute Gasteiger partial charge is 0.310 e. The highest BCUT2D eigenvalue weighted by Gasteiger charge is 2.37. The number of hydrogen-bond donors (Lipinski definition) is 0. The summed E-state index contributed by atoms with van der Waals surface area (Å²) in [5, 5.41) is 0. The molecule has 3 aliphatic rings. The number of hydrogen-bond acceptors (Lipinski definition) is 2. The van der Waals surface area contributed by atoms with E-state index in [9.17, 15) is 9.59 Å². The standard InChI is InChI=1S/C19H24N2O2/c22-18(14-6-1-2-7-14)20-12-5-13-21(19(23)15-10-11-15)17-9-4-3-8-16(17)20/h3-4,8-9,14-15H,1-2,5-7,10-13H2. The van der Waals surface area contributed by atoms with Crippen molar-refractivity contribution in [2.24, 2.45) is 11.8 Å². The molecule has 2 fully saturated rings. The topological polar surface area (TPSA) is 40.6 Å². The molecule has 0 aromatic heterocycles. The second-order valence-corrected chi connectivity index (χ2v) is 7.08. The molecule has 0 saturated heterocycles. The molecule has 0 N–H and O–H groups in total. The van der Waals surface area contributed by atoms with Crippen molar-refractivity contribution in [2.45, 2.75) is 44.9 Å². The van der Waals surface area contributed by atoms with Crippen LogP contribution in [0.5, 0.6) is 0 Å². The summed E-state index contributed by atoms with van der Waals surface area (Å²) < 4.78 is 0. The monoisotopic (exact) mass is 312 g/mol. The van der Waals surface area contributed by atoms with E-state index < -0.39 is 0 Å². The molecule has 4 rings (SSSR count). The van der Waals surface area contributed by atoms with Crippen LogP contribution in [0.3, 0.4) is 0 Å². The zero-order valence-corrected chi connectivity index (χ0v) is 13.5. The molecule has 1 aliphatic heterocycles. The minimum Gasteiger partial charge on any atom is -0.310 e. The zero-order chi connectivity index (χ0) is 15.8.